The van der Waals surface area contributed by atoms with E-state index in [2.05, 4.69) is 10.6 Å². The van der Waals surface area contributed by atoms with Crippen LogP contribution in [0.15, 0.2) is 24.3 Å². The van der Waals surface area contributed by atoms with Crippen molar-refractivity contribution in [2.24, 2.45) is 5.73 Å². The van der Waals surface area contributed by atoms with Gasteiger partial charge in [-0.05, 0) is 30.5 Å². The van der Waals surface area contributed by atoms with Crippen LogP contribution in [0.25, 0.3) is 0 Å². The summed E-state index contributed by atoms with van der Waals surface area (Å²) in [6.45, 7) is 2.04. The summed E-state index contributed by atoms with van der Waals surface area (Å²) >= 11 is 0. The van der Waals surface area contributed by atoms with Gasteiger partial charge in [-0.2, -0.15) is 0 Å². The zero-order chi connectivity index (χ0) is 16.4. The molecule has 4 N–H and O–H groups in total. The average Bonchev–Trinajstić information content (AvgIpc) is 2.45. The maximum absolute atomic E-state index is 11.7. The van der Waals surface area contributed by atoms with E-state index in [0.29, 0.717) is 31.5 Å². The molecule has 0 unspecified atom stereocenters. The van der Waals surface area contributed by atoms with Crippen molar-refractivity contribution in [1.82, 2.24) is 5.32 Å². The number of nitrogens with two attached hydrogens (primary N) is 1. The second-order valence-corrected chi connectivity index (χ2v) is 4.77. The molecule has 0 radical (unpaired) electrons. The number of nitrogens with one attached hydrogen (secondary N) is 2. The number of benzene rings is 1. The van der Waals surface area contributed by atoms with Crippen LogP contribution in [-0.4, -0.2) is 24.5 Å². The number of hydrogen-bond acceptors (Lipinski definition) is 4. The van der Waals surface area contributed by atoms with E-state index in [1.165, 1.54) is 6.92 Å². The van der Waals surface area contributed by atoms with E-state index >= 15 is 0 Å². The number of hydrogen-bond donors (Lipinski definition) is 3. The molecule has 0 bridgehead atoms. The van der Waals surface area contributed by atoms with Gasteiger partial charge in [0.05, 0.1) is 0 Å². The van der Waals surface area contributed by atoms with E-state index in [0.717, 1.165) is 5.56 Å². The highest BCUT2D eigenvalue weighted by Crippen LogP contribution is 2.11. The van der Waals surface area contributed by atoms with Crippen molar-refractivity contribution in [2.45, 2.75) is 32.8 Å². The van der Waals surface area contributed by atoms with Crippen molar-refractivity contribution < 1.29 is 19.1 Å². The van der Waals surface area contributed by atoms with Gasteiger partial charge in [-0.3, -0.25) is 9.59 Å². The van der Waals surface area contributed by atoms with Crippen molar-refractivity contribution >= 4 is 23.6 Å². The normalized spacial score (nSPS) is 9.86. The molecule has 0 saturated heterocycles. The van der Waals surface area contributed by atoms with Crippen LogP contribution in [-0.2, 0) is 20.9 Å². The fraction of sp³-hybridized carbons (Fsp3) is 0.400. The summed E-state index contributed by atoms with van der Waals surface area (Å²) < 4.78 is 4.88. The predicted molar refractivity (Wildman–Crippen MR) is 82.0 cm³/mol. The standard InChI is InChI=1S/C15H21N3O4/c1-11(19)22-10-12-5-7-13(8-6-12)18-14(20)4-2-3-9-17-15(16)21/h5-8H,2-4,9-10H2,1H3,(H,18,20)(H3,16,17,21). The molecule has 0 saturated carbocycles. The minimum atomic E-state index is -0.557. The minimum absolute atomic E-state index is 0.0909. The van der Waals surface area contributed by atoms with Gasteiger partial charge in [-0.1, -0.05) is 12.1 Å². The minimum Gasteiger partial charge on any atom is -0.461 e. The van der Waals surface area contributed by atoms with Gasteiger partial charge in [0, 0.05) is 25.6 Å². The SMILES string of the molecule is CC(=O)OCc1ccc(NC(=O)CCCCNC(N)=O)cc1. The van der Waals surface area contributed by atoms with E-state index < -0.39 is 6.03 Å². The van der Waals surface area contributed by atoms with Gasteiger partial charge in [-0.25, -0.2) is 4.79 Å². The van der Waals surface area contributed by atoms with Gasteiger partial charge < -0.3 is 21.1 Å². The largest absolute Gasteiger partial charge is 0.461 e. The Morgan fingerprint density at radius 1 is 1.14 bits per heavy atom. The van der Waals surface area contributed by atoms with Crippen molar-refractivity contribution in [2.75, 3.05) is 11.9 Å². The summed E-state index contributed by atoms with van der Waals surface area (Å²) in [5.74, 6) is -0.421. The van der Waals surface area contributed by atoms with Gasteiger partial charge in [-0.15, -0.1) is 0 Å². The molecule has 0 heterocycles. The first-order chi connectivity index (χ1) is 10.5. The first-order valence-corrected chi connectivity index (χ1v) is 7.03. The molecule has 7 nitrogen and oxygen atoms in total. The maximum atomic E-state index is 11.7. The molecule has 0 aliphatic heterocycles. The van der Waals surface area contributed by atoms with E-state index in [1.54, 1.807) is 24.3 Å². The summed E-state index contributed by atoms with van der Waals surface area (Å²) in [7, 11) is 0. The van der Waals surface area contributed by atoms with Crippen LogP contribution < -0.4 is 16.4 Å². The number of primary amides is 1. The highest BCUT2D eigenvalue weighted by molar-refractivity contribution is 5.90. The highest BCUT2D eigenvalue weighted by atomic mass is 16.5. The van der Waals surface area contributed by atoms with Crippen molar-refractivity contribution in [3.63, 3.8) is 0 Å². The highest BCUT2D eigenvalue weighted by Gasteiger charge is 2.03. The topological polar surface area (TPSA) is 111 Å². The van der Waals surface area contributed by atoms with Crippen LogP contribution in [0.1, 0.15) is 31.7 Å². The average molecular weight is 307 g/mol. The van der Waals surface area contributed by atoms with E-state index in [9.17, 15) is 14.4 Å². The summed E-state index contributed by atoms with van der Waals surface area (Å²) in [5.41, 5.74) is 6.47. The molecular weight excluding hydrogens is 286 g/mol. The Hall–Kier alpha value is -2.57. The van der Waals surface area contributed by atoms with E-state index in [-0.39, 0.29) is 18.5 Å². The van der Waals surface area contributed by atoms with Crippen LogP contribution >= 0.6 is 0 Å². The number of carbonyl (C=O) groups excluding carboxylic acids is 3. The van der Waals surface area contributed by atoms with Crippen LogP contribution in [0.4, 0.5) is 10.5 Å². The third kappa shape index (κ3) is 7.88. The molecule has 0 aliphatic carbocycles. The smallest absolute Gasteiger partial charge is 0.312 e. The molecule has 0 atom stereocenters. The van der Waals surface area contributed by atoms with Gasteiger partial charge >= 0.3 is 12.0 Å². The molecule has 22 heavy (non-hydrogen) atoms. The number of carbonyl (C=O) groups is 3. The summed E-state index contributed by atoms with van der Waals surface area (Å²) in [6.07, 6.45) is 1.73. The first-order valence-electron chi connectivity index (χ1n) is 7.03. The summed E-state index contributed by atoms with van der Waals surface area (Å²) in [5, 5.41) is 5.24. The molecular formula is C15H21N3O4. The molecule has 0 aliphatic rings. The fourth-order valence-electron chi connectivity index (χ4n) is 1.71. The molecule has 3 amide bonds. The number of anilines is 1. The van der Waals surface area contributed by atoms with Crippen molar-refractivity contribution in [3.05, 3.63) is 29.8 Å². The molecule has 7 heteroatoms. The number of urea groups is 1. The zero-order valence-electron chi connectivity index (χ0n) is 12.6. The molecule has 0 fully saturated rings. The van der Waals surface area contributed by atoms with Crippen molar-refractivity contribution in [3.8, 4) is 0 Å². The second-order valence-electron chi connectivity index (χ2n) is 4.77. The lowest BCUT2D eigenvalue weighted by molar-refractivity contribution is -0.142. The van der Waals surface area contributed by atoms with Gasteiger partial charge in [0.1, 0.15) is 6.61 Å². The van der Waals surface area contributed by atoms with Crippen LogP contribution in [0.5, 0.6) is 0 Å². The number of amides is 3. The Morgan fingerprint density at radius 3 is 2.41 bits per heavy atom. The van der Waals surface area contributed by atoms with Crippen LogP contribution in [0.2, 0.25) is 0 Å². The number of unbranched alkanes of at least 4 members (excludes halogenated alkanes) is 1. The van der Waals surface area contributed by atoms with E-state index in [4.69, 9.17) is 10.5 Å². The van der Waals surface area contributed by atoms with Gasteiger partial charge in [0.2, 0.25) is 5.91 Å². The van der Waals surface area contributed by atoms with Crippen LogP contribution in [0, 0.1) is 0 Å². The second kappa shape index (κ2) is 9.38. The van der Waals surface area contributed by atoms with E-state index in [1.807, 2.05) is 0 Å². The zero-order valence-corrected chi connectivity index (χ0v) is 12.6. The summed E-state index contributed by atoms with van der Waals surface area (Å²) in [6, 6.07) is 6.53. The fourth-order valence-corrected chi connectivity index (χ4v) is 1.71. The third-order valence-corrected chi connectivity index (χ3v) is 2.81. The molecule has 120 valence electrons. The van der Waals surface area contributed by atoms with Crippen LogP contribution in [0.3, 0.4) is 0 Å². The lowest BCUT2D eigenvalue weighted by atomic mass is 10.2. The predicted octanol–water partition coefficient (Wildman–Crippen LogP) is 1.53. The maximum Gasteiger partial charge on any atom is 0.312 e. The van der Waals surface area contributed by atoms with Crippen molar-refractivity contribution in [1.29, 1.82) is 0 Å². The molecule has 1 rings (SSSR count). The third-order valence-electron chi connectivity index (χ3n) is 2.81. The first kappa shape index (κ1) is 17.5. The summed E-state index contributed by atoms with van der Waals surface area (Å²) in [4.78, 5) is 32.9. The Labute approximate surface area is 129 Å². The lowest BCUT2D eigenvalue weighted by Crippen LogP contribution is -2.30. The molecule has 0 spiro atoms. The monoisotopic (exact) mass is 307 g/mol. The molecule has 1 aromatic carbocycles. The number of esters is 1. The Morgan fingerprint density at radius 2 is 1.82 bits per heavy atom. The van der Waals surface area contributed by atoms with Gasteiger partial charge in [0.15, 0.2) is 0 Å². The molecule has 0 aromatic heterocycles. The Bertz CT molecular complexity index is 514. The van der Waals surface area contributed by atoms with Gasteiger partial charge in [0.25, 0.3) is 0 Å². The number of rotatable bonds is 8. The Balaban J connectivity index is 2.26. The number of ether oxygens (including phenoxy) is 1. The molecule has 1 aromatic rings. The quantitative estimate of drug-likeness (QED) is 0.499. The Kier molecular flexibility index (Phi) is 7.45. The lowest BCUT2D eigenvalue weighted by Gasteiger charge is -2.07.